The van der Waals surface area contributed by atoms with Gasteiger partial charge < -0.3 is 5.32 Å². The molecular formula is C8H15N. The highest BCUT2D eigenvalue weighted by Gasteiger charge is 1.80. The first-order chi connectivity index (χ1) is 4.31. The molecule has 0 aliphatic rings. The van der Waals surface area contributed by atoms with Crippen molar-refractivity contribution in [3.8, 4) is 0 Å². The summed E-state index contributed by atoms with van der Waals surface area (Å²) in [6.45, 7) is 4.14. The normalized spacial score (nSPS) is 12.6. The largest absolute Gasteiger partial charge is 0.394 e. The van der Waals surface area contributed by atoms with E-state index in [4.69, 9.17) is 0 Å². The van der Waals surface area contributed by atoms with E-state index in [0.29, 0.717) is 0 Å². The van der Waals surface area contributed by atoms with Crippen LogP contribution in [0.3, 0.4) is 0 Å². The van der Waals surface area contributed by atoms with E-state index in [1.807, 2.05) is 20.2 Å². The van der Waals surface area contributed by atoms with Crippen LogP contribution in [-0.2, 0) is 0 Å². The van der Waals surface area contributed by atoms with Gasteiger partial charge in [0.05, 0.1) is 0 Å². The third-order valence-electron chi connectivity index (χ3n) is 1.07. The van der Waals surface area contributed by atoms with Gasteiger partial charge in [-0.1, -0.05) is 17.7 Å². The SMILES string of the molecule is CC=CC/C(C)=C\NC. The lowest BCUT2D eigenvalue weighted by Crippen LogP contribution is -1.93. The molecule has 0 saturated carbocycles. The third kappa shape index (κ3) is 5.15. The van der Waals surface area contributed by atoms with Gasteiger partial charge in [-0.05, 0) is 26.5 Å². The number of hydrogen-bond donors (Lipinski definition) is 1. The van der Waals surface area contributed by atoms with Crippen molar-refractivity contribution < 1.29 is 0 Å². The Balaban J connectivity index is 3.49. The monoisotopic (exact) mass is 125 g/mol. The Labute approximate surface area is 57.5 Å². The van der Waals surface area contributed by atoms with Crippen molar-refractivity contribution >= 4 is 0 Å². The summed E-state index contributed by atoms with van der Waals surface area (Å²) in [5, 5.41) is 2.98. The van der Waals surface area contributed by atoms with Crippen LogP contribution in [0.25, 0.3) is 0 Å². The molecule has 0 rings (SSSR count). The lowest BCUT2D eigenvalue weighted by atomic mass is 10.2. The van der Waals surface area contributed by atoms with E-state index >= 15 is 0 Å². The zero-order chi connectivity index (χ0) is 7.11. The van der Waals surface area contributed by atoms with Crippen LogP contribution in [-0.4, -0.2) is 7.05 Å². The first-order valence-electron chi connectivity index (χ1n) is 3.25. The van der Waals surface area contributed by atoms with Gasteiger partial charge in [0.2, 0.25) is 0 Å². The molecule has 0 aromatic rings. The van der Waals surface area contributed by atoms with E-state index in [2.05, 4.69) is 24.4 Å². The van der Waals surface area contributed by atoms with Gasteiger partial charge in [-0.15, -0.1) is 0 Å². The second-order valence-electron chi connectivity index (χ2n) is 2.05. The Morgan fingerprint density at radius 1 is 1.56 bits per heavy atom. The van der Waals surface area contributed by atoms with Crippen LogP contribution in [0, 0.1) is 0 Å². The van der Waals surface area contributed by atoms with Gasteiger partial charge in [0, 0.05) is 7.05 Å². The summed E-state index contributed by atoms with van der Waals surface area (Å²) >= 11 is 0. The molecule has 9 heavy (non-hydrogen) atoms. The van der Waals surface area contributed by atoms with Gasteiger partial charge in [-0.2, -0.15) is 0 Å². The third-order valence-corrected chi connectivity index (χ3v) is 1.07. The zero-order valence-electron chi connectivity index (χ0n) is 6.44. The van der Waals surface area contributed by atoms with Gasteiger partial charge in [-0.25, -0.2) is 0 Å². The van der Waals surface area contributed by atoms with E-state index < -0.39 is 0 Å². The van der Waals surface area contributed by atoms with Crippen molar-refractivity contribution in [1.82, 2.24) is 5.32 Å². The van der Waals surface area contributed by atoms with E-state index in [0.717, 1.165) is 6.42 Å². The highest BCUT2D eigenvalue weighted by atomic mass is 14.8. The smallest absolute Gasteiger partial charge is 0.00276 e. The molecule has 52 valence electrons. The topological polar surface area (TPSA) is 12.0 Å². The van der Waals surface area contributed by atoms with Gasteiger partial charge in [0.25, 0.3) is 0 Å². The molecule has 0 heterocycles. The maximum Gasteiger partial charge on any atom is 0.00276 e. The maximum atomic E-state index is 2.98. The summed E-state index contributed by atoms with van der Waals surface area (Å²) in [6, 6.07) is 0. The molecule has 1 N–H and O–H groups in total. The van der Waals surface area contributed by atoms with Crippen molar-refractivity contribution in [2.45, 2.75) is 20.3 Å². The minimum atomic E-state index is 1.05. The van der Waals surface area contributed by atoms with Gasteiger partial charge >= 0.3 is 0 Å². The Morgan fingerprint density at radius 2 is 2.22 bits per heavy atom. The van der Waals surface area contributed by atoms with Gasteiger partial charge in [-0.3, -0.25) is 0 Å². The number of nitrogens with one attached hydrogen (secondary N) is 1. The number of rotatable bonds is 3. The highest BCUT2D eigenvalue weighted by Crippen LogP contribution is 1.97. The molecule has 0 fully saturated rings. The fourth-order valence-electron chi connectivity index (χ4n) is 0.609. The highest BCUT2D eigenvalue weighted by molar-refractivity contribution is 5.02. The van der Waals surface area contributed by atoms with Crippen LogP contribution in [0.1, 0.15) is 20.3 Å². The summed E-state index contributed by atoms with van der Waals surface area (Å²) in [7, 11) is 1.92. The molecular weight excluding hydrogens is 110 g/mol. The number of allylic oxidation sites excluding steroid dienone is 3. The predicted octanol–water partition coefficient (Wildman–Crippen LogP) is 2.08. The van der Waals surface area contributed by atoms with Crippen LogP contribution < -0.4 is 5.32 Å². The van der Waals surface area contributed by atoms with Crippen molar-refractivity contribution in [2.24, 2.45) is 0 Å². The average molecular weight is 125 g/mol. The molecule has 0 aliphatic carbocycles. The van der Waals surface area contributed by atoms with Crippen molar-refractivity contribution in [3.63, 3.8) is 0 Å². The lowest BCUT2D eigenvalue weighted by molar-refractivity contribution is 1.04. The summed E-state index contributed by atoms with van der Waals surface area (Å²) < 4.78 is 0. The standard InChI is InChI=1S/C8H15N/c1-4-5-6-8(2)7-9-3/h4-5,7,9H,6H2,1-3H3/b5-4?,8-7-. The molecule has 0 atom stereocenters. The molecule has 0 aromatic heterocycles. The number of hydrogen-bond acceptors (Lipinski definition) is 1. The van der Waals surface area contributed by atoms with Crippen molar-refractivity contribution in [3.05, 3.63) is 23.9 Å². The quantitative estimate of drug-likeness (QED) is 0.569. The second-order valence-corrected chi connectivity index (χ2v) is 2.05. The molecule has 0 unspecified atom stereocenters. The Kier molecular flexibility index (Phi) is 4.98. The predicted molar refractivity (Wildman–Crippen MR) is 42.2 cm³/mol. The molecule has 0 bridgehead atoms. The summed E-state index contributed by atoms with van der Waals surface area (Å²) in [4.78, 5) is 0. The average Bonchev–Trinajstić information content (AvgIpc) is 1.85. The molecule has 0 spiro atoms. The van der Waals surface area contributed by atoms with E-state index in [-0.39, 0.29) is 0 Å². The minimum Gasteiger partial charge on any atom is -0.394 e. The Hall–Kier alpha value is -0.720. The van der Waals surface area contributed by atoms with Crippen LogP contribution in [0.15, 0.2) is 23.9 Å². The first kappa shape index (κ1) is 8.28. The zero-order valence-corrected chi connectivity index (χ0v) is 6.44. The molecule has 0 radical (unpaired) electrons. The lowest BCUT2D eigenvalue weighted by Gasteiger charge is -1.93. The van der Waals surface area contributed by atoms with Crippen LogP contribution >= 0.6 is 0 Å². The van der Waals surface area contributed by atoms with Crippen LogP contribution in [0.4, 0.5) is 0 Å². The Bertz CT molecular complexity index is 112. The van der Waals surface area contributed by atoms with Crippen molar-refractivity contribution in [2.75, 3.05) is 7.05 Å². The fourth-order valence-corrected chi connectivity index (χ4v) is 0.609. The molecule has 0 saturated heterocycles. The summed E-state index contributed by atoms with van der Waals surface area (Å²) in [6.07, 6.45) is 7.27. The molecule has 0 aliphatic heterocycles. The van der Waals surface area contributed by atoms with Gasteiger partial charge in [0.15, 0.2) is 0 Å². The van der Waals surface area contributed by atoms with E-state index in [1.54, 1.807) is 0 Å². The summed E-state index contributed by atoms with van der Waals surface area (Å²) in [5.41, 5.74) is 1.36. The fraction of sp³-hybridized carbons (Fsp3) is 0.500. The second kappa shape index (κ2) is 5.42. The van der Waals surface area contributed by atoms with Crippen LogP contribution in [0.5, 0.6) is 0 Å². The van der Waals surface area contributed by atoms with Crippen LogP contribution in [0.2, 0.25) is 0 Å². The minimum absolute atomic E-state index is 1.05. The molecule has 0 amide bonds. The van der Waals surface area contributed by atoms with E-state index in [9.17, 15) is 0 Å². The summed E-state index contributed by atoms with van der Waals surface area (Å²) in [5.74, 6) is 0. The molecule has 0 aromatic carbocycles. The van der Waals surface area contributed by atoms with Crippen molar-refractivity contribution in [1.29, 1.82) is 0 Å². The molecule has 1 heteroatoms. The molecule has 1 nitrogen and oxygen atoms in total. The Morgan fingerprint density at radius 3 is 2.67 bits per heavy atom. The van der Waals surface area contributed by atoms with E-state index in [1.165, 1.54) is 5.57 Å². The first-order valence-corrected chi connectivity index (χ1v) is 3.25. The van der Waals surface area contributed by atoms with Gasteiger partial charge in [0.1, 0.15) is 0 Å². The maximum absolute atomic E-state index is 2.98.